The van der Waals surface area contributed by atoms with Crippen LogP contribution >= 0.6 is 24.0 Å². The Bertz CT molecular complexity index is 940. The van der Waals surface area contributed by atoms with Crippen molar-refractivity contribution in [1.29, 1.82) is 0 Å². The first-order chi connectivity index (χ1) is 13.5. The summed E-state index contributed by atoms with van der Waals surface area (Å²) in [6.45, 7) is 4.74. The maximum absolute atomic E-state index is 13.0. The third-order valence-electron chi connectivity index (χ3n) is 4.00. The van der Waals surface area contributed by atoms with Gasteiger partial charge in [0.1, 0.15) is 17.3 Å². The van der Waals surface area contributed by atoms with Crippen LogP contribution in [0.2, 0.25) is 0 Å². The topological polar surface area (TPSA) is 84.6 Å². The molecule has 0 bridgehead atoms. The number of ether oxygens (including phenoxy) is 1. The van der Waals surface area contributed by atoms with Gasteiger partial charge in [-0.05, 0) is 49.7 Å². The van der Waals surface area contributed by atoms with Crippen molar-refractivity contribution in [3.8, 4) is 11.6 Å². The summed E-state index contributed by atoms with van der Waals surface area (Å²) in [5, 5.41) is 6.37. The molecule has 0 atom stereocenters. The van der Waals surface area contributed by atoms with Gasteiger partial charge in [0.25, 0.3) is 0 Å². The molecule has 1 aromatic carbocycles. The van der Waals surface area contributed by atoms with E-state index in [-0.39, 0.29) is 29.8 Å². The van der Waals surface area contributed by atoms with Crippen LogP contribution in [0.15, 0.2) is 52.0 Å². The molecule has 0 fully saturated rings. The van der Waals surface area contributed by atoms with Crippen molar-refractivity contribution in [3.63, 3.8) is 0 Å². The van der Waals surface area contributed by atoms with E-state index in [1.807, 2.05) is 26.0 Å². The standard InChI is InChI=1S/C20H22FN5O2.HI/c1-13-14(2)27-19(26-13)12-25-20(22-3)24-11-15-8-9-23-18(10-15)28-17-6-4-16(21)5-7-17;/h4-10H,11-12H2,1-3H3,(H2,22,24,25);1H. The first kappa shape index (κ1) is 22.6. The molecule has 2 heterocycles. The van der Waals surface area contributed by atoms with E-state index in [1.54, 1.807) is 25.4 Å². The summed E-state index contributed by atoms with van der Waals surface area (Å²) in [4.78, 5) is 12.7. The summed E-state index contributed by atoms with van der Waals surface area (Å²) in [6, 6.07) is 9.48. The van der Waals surface area contributed by atoms with Crippen LogP contribution in [-0.2, 0) is 13.1 Å². The zero-order valence-electron chi connectivity index (χ0n) is 16.4. The van der Waals surface area contributed by atoms with Gasteiger partial charge in [0.2, 0.25) is 11.8 Å². The van der Waals surface area contributed by atoms with E-state index < -0.39 is 0 Å². The Morgan fingerprint density at radius 2 is 1.86 bits per heavy atom. The van der Waals surface area contributed by atoms with Crippen LogP contribution in [0.25, 0.3) is 0 Å². The van der Waals surface area contributed by atoms with E-state index in [0.717, 1.165) is 17.0 Å². The van der Waals surface area contributed by atoms with E-state index >= 15 is 0 Å². The molecule has 0 unspecified atom stereocenters. The van der Waals surface area contributed by atoms with Gasteiger partial charge < -0.3 is 19.8 Å². The van der Waals surface area contributed by atoms with Crippen LogP contribution in [0.5, 0.6) is 11.6 Å². The third kappa shape index (κ3) is 6.70. The van der Waals surface area contributed by atoms with Crippen molar-refractivity contribution < 1.29 is 13.5 Å². The van der Waals surface area contributed by atoms with Crippen LogP contribution in [0.4, 0.5) is 4.39 Å². The van der Waals surface area contributed by atoms with Crippen molar-refractivity contribution in [2.24, 2.45) is 4.99 Å². The fourth-order valence-corrected chi connectivity index (χ4v) is 2.42. The Labute approximate surface area is 185 Å². The number of nitrogens with zero attached hydrogens (tertiary/aromatic N) is 3. The lowest BCUT2D eigenvalue weighted by Gasteiger charge is -2.11. The van der Waals surface area contributed by atoms with Gasteiger partial charge in [-0.1, -0.05) is 0 Å². The number of rotatable bonds is 6. The number of aryl methyl sites for hydroxylation is 2. The summed E-state index contributed by atoms with van der Waals surface area (Å²) in [5.74, 6) is 2.67. The van der Waals surface area contributed by atoms with E-state index in [2.05, 4.69) is 25.6 Å². The second-order valence-electron chi connectivity index (χ2n) is 6.09. The Kier molecular flexibility index (Phi) is 8.37. The lowest BCUT2D eigenvalue weighted by molar-refractivity contribution is 0.460. The molecule has 0 saturated carbocycles. The second-order valence-corrected chi connectivity index (χ2v) is 6.09. The Balaban J connectivity index is 0.00000300. The minimum absolute atomic E-state index is 0. The minimum Gasteiger partial charge on any atom is -0.444 e. The highest BCUT2D eigenvalue weighted by molar-refractivity contribution is 14.0. The highest BCUT2D eigenvalue weighted by Gasteiger charge is 2.07. The van der Waals surface area contributed by atoms with Gasteiger partial charge in [0.15, 0.2) is 5.96 Å². The van der Waals surface area contributed by atoms with E-state index in [0.29, 0.717) is 36.6 Å². The lowest BCUT2D eigenvalue weighted by Crippen LogP contribution is -2.36. The maximum Gasteiger partial charge on any atom is 0.219 e. The number of hydrogen-bond donors (Lipinski definition) is 2. The van der Waals surface area contributed by atoms with Gasteiger partial charge in [0, 0.05) is 25.9 Å². The number of hydrogen-bond acceptors (Lipinski definition) is 5. The molecule has 2 aromatic heterocycles. The molecule has 29 heavy (non-hydrogen) atoms. The third-order valence-corrected chi connectivity index (χ3v) is 4.00. The van der Waals surface area contributed by atoms with Crippen LogP contribution in [0, 0.1) is 19.7 Å². The van der Waals surface area contributed by atoms with Gasteiger partial charge in [-0.2, -0.15) is 0 Å². The molecular formula is C20H23FIN5O2. The van der Waals surface area contributed by atoms with E-state index in [1.165, 1.54) is 12.1 Å². The molecule has 0 aliphatic carbocycles. The molecule has 0 aliphatic rings. The summed E-state index contributed by atoms with van der Waals surface area (Å²) < 4.78 is 24.2. The number of guanidine groups is 1. The molecule has 0 amide bonds. The molecular weight excluding hydrogens is 488 g/mol. The van der Waals surface area contributed by atoms with Crippen molar-refractivity contribution in [2.75, 3.05) is 7.05 Å². The Hall–Kier alpha value is -2.69. The molecule has 0 spiro atoms. The van der Waals surface area contributed by atoms with Crippen molar-refractivity contribution >= 4 is 29.9 Å². The SMILES string of the molecule is CN=C(NCc1ccnc(Oc2ccc(F)cc2)c1)NCc1nc(C)c(C)o1.I. The minimum atomic E-state index is -0.313. The maximum atomic E-state index is 13.0. The van der Waals surface area contributed by atoms with Crippen LogP contribution in [0.3, 0.4) is 0 Å². The van der Waals surface area contributed by atoms with Crippen LogP contribution in [-0.4, -0.2) is 23.0 Å². The molecule has 2 N–H and O–H groups in total. The highest BCUT2D eigenvalue weighted by atomic mass is 127. The smallest absolute Gasteiger partial charge is 0.219 e. The number of aliphatic imine (C=N–C) groups is 1. The average Bonchev–Trinajstić information content (AvgIpc) is 3.02. The summed E-state index contributed by atoms with van der Waals surface area (Å²) >= 11 is 0. The zero-order valence-corrected chi connectivity index (χ0v) is 18.7. The van der Waals surface area contributed by atoms with Crippen molar-refractivity contribution in [2.45, 2.75) is 26.9 Å². The van der Waals surface area contributed by atoms with Crippen molar-refractivity contribution in [3.05, 3.63) is 71.3 Å². The van der Waals surface area contributed by atoms with Crippen molar-refractivity contribution in [1.82, 2.24) is 20.6 Å². The van der Waals surface area contributed by atoms with Gasteiger partial charge in [-0.25, -0.2) is 14.4 Å². The largest absolute Gasteiger partial charge is 0.444 e. The normalized spacial score (nSPS) is 11.0. The Morgan fingerprint density at radius 1 is 1.14 bits per heavy atom. The Morgan fingerprint density at radius 3 is 2.52 bits per heavy atom. The number of aromatic nitrogens is 2. The first-order valence-electron chi connectivity index (χ1n) is 8.79. The van der Waals surface area contributed by atoms with E-state index in [4.69, 9.17) is 9.15 Å². The molecule has 0 saturated heterocycles. The zero-order chi connectivity index (χ0) is 19.9. The number of benzene rings is 1. The molecule has 3 aromatic rings. The number of oxazole rings is 1. The number of nitrogens with one attached hydrogen (secondary N) is 2. The summed E-state index contributed by atoms with van der Waals surface area (Å²) in [6.07, 6.45) is 1.66. The monoisotopic (exact) mass is 511 g/mol. The van der Waals surface area contributed by atoms with Gasteiger partial charge in [-0.15, -0.1) is 24.0 Å². The van der Waals surface area contributed by atoms with Crippen LogP contribution in [0.1, 0.15) is 22.9 Å². The lowest BCUT2D eigenvalue weighted by atomic mass is 10.2. The second kappa shape index (κ2) is 10.7. The fourth-order valence-electron chi connectivity index (χ4n) is 2.42. The molecule has 9 heteroatoms. The molecule has 3 rings (SSSR count). The predicted molar refractivity (Wildman–Crippen MR) is 119 cm³/mol. The number of halogens is 2. The predicted octanol–water partition coefficient (Wildman–Crippen LogP) is 4.10. The quantitative estimate of drug-likeness (QED) is 0.295. The molecule has 154 valence electrons. The van der Waals surface area contributed by atoms with Gasteiger partial charge in [-0.3, -0.25) is 4.99 Å². The van der Waals surface area contributed by atoms with Crippen LogP contribution < -0.4 is 15.4 Å². The van der Waals surface area contributed by atoms with Gasteiger partial charge >= 0.3 is 0 Å². The summed E-state index contributed by atoms with van der Waals surface area (Å²) in [7, 11) is 1.69. The summed E-state index contributed by atoms with van der Waals surface area (Å²) in [5.41, 5.74) is 1.84. The van der Waals surface area contributed by atoms with E-state index in [9.17, 15) is 4.39 Å². The average molecular weight is 511 g/mol. The fraction of sp³-hybridized carbons (Fsp3) is 0.250. The molecule has 7 nitrogen and oxygen atoms in total. The van der Waals surface area contributed by atoms with Gasteiger partial charge in [0.05, 0.1) is 12.2 Å². The first-order valence-corrected chi connectivity index (χ1v) is 8.79. The molecule has 0 aliphatic heterocycles. The number of pyridine rings is 1. The molecule has 0 radical (unpaired) electrons. The highest BCUT2D eigenvalue weighted by Crippen LogP contribution is 2.20.